The third-order valence-corrected chi connectivity index (χ3v) is 19.8. The molecule has 6 atom stereocenters. The number of carbonyl (C=O) groups is 5. The zero-order valence-corrected chi connectivity index (χ0v) is 55.1. The zero-order chi connectivity index (χ0) is 66.5. The van der Waals surface area contributed by atoms with Gasteiger partial charge in [-0.15, -0.1) is 0 Å². The Labute approximate surface area is 525 Å². The molecule has 0 saturated carbocycles. The quantitative estimate of drug-likeness (QED) is 0.0284. The van der Waals surface area contributed by atoms with Crippen LogP contribution >= 0.6 is 0 Å². The van der Waals surface area contributed by atoms with Crippen molar-refractivity contribution in [3.8, 4) is 17.2 Å². The first-order chi connectivity index (χ1) is 41.4. The Balaban J connectivity index is 0.000000210. The van der Waals surface area contributed by atoms with E-state index in [-0.39, 0.29) is 70.4 Å². The van der Waals surface area contributed by atoms with Crippen LogP contribution in [0, 0.1) is 33.4 Å². The van der Waals surface area contributed by atoms with Gasteiger partial charge in [0.15, 0.2) is 26.9 Å². The molecule has 0 radical (unpaired) electrons. The highest BCUT2D eigenvalue weighted by Crippen LogP contribution is 2.48. The van der Waals surface area contributed by atoms with Gasteiger partial charge in [0.25, 0.3) is 5.92 Å². The van der Waals surface area contributed by atoms with Gasteiger partial charge in [-0.2, -0.15) is 0 Å². The van der Waals surface area contributed by atoms with E-state index in [4.69, 9.17) is 33.5 Å². The van der Waals surface area contributed by atoms with Gasteiger partial charge in [-0.1, -0.05) is 77.1 Å². The summed E-state index contributed by atoms with van der Waals surface area (Å²) in [7, 11) is -4.99. The van der Waals surface area contributed by atoms with Crippen LogP contribution in [0.3, 0.4) is 0 Å². The SMILES string of the molecule is CCC(C)(C)C(=O)OC1(C)CCc2cc(F)ccc21.CCC(C)(C)C(=O)OC1C2CC3C(=O)OC1C3O2.CCC(C)(C)C(=O)Oc1ccc(O)cc1.CCC(C)(C)C(=O)Oc1ccc([S+](c2ccccc2)c2ccccc2)cc1.CCC(F)(F)CS(=O)(=O)[O-]. The van der Waals surface area contributed by atoms with Gasteiger partial charge in [0.1, 0.15) is 50.6 Å². The third kappa shape index (κ3) is 19.9. The molecule has 89 heavy (non-hydrogen) atoms. The average molecular weight is 1280 g/mol. The second kappa shape index (κ2) is 30.4. The smallest absolute Gasteiger partial charge is 0.316 e. The average Bonchev–Trinajstić information content (AvgIpc) is 1.61. The molecule has 3 aliphatic heterocycles. The zero-order valence-electron chi connectivity index (χ0n) is 53.5. The van der Waals surface area contributed by atoms with Crippen molar-refractivity contribution in [2.75, 3.05) is 5.75 Å². The topological polar surface area (TPSA) is 218 Å². The summed E-state index contributed by atoms with van der Waals surface area (Å²) in [6, 6.07) is 39.7. The maximum atomic E-state index is 13.2. The van der Waals surface area contributed by atoms with Gasteiger partial charge in [-0.3, -0.25) is 24.0 Å². The monoisotopic (exact) mass is 1280 g/mol. The molecule has 0 aromatic heterocycles. The normalized spacial score (nSPS) is 19.9. The highest BCUT2D eigenvalue weighted by molar-refractivity contribution is 7.97. The number of alkyl halides is 2. The van der Waals surface area contributed by atoms with Crippen molar-refractivity contribution in [2.24, 2.45) is 27.6 Å². The van der Waals surface area contributed by atoms with Gasteiger partial charge < -0.3 is 38.1 Å². The summed E-state index contributed by atoms with van der Waals surface area (Å²) in [6.45, 7) is 25.9. The molecule has 5 aromatic carbocycles. The van der Waals surface area contributed by atoms with Crippen LogP contribution in [0.1, 0.15) is 153 Å². The van der Waals surface area contributed by atoms with Crippen molar-refractivity contribution in [3.05, 3.63) is 144 Å². The number of carbonyl (C=O) groups excluding carboxylic acids is 5. The minimum atomic E-state index is -4.79. The van der Waals surface area contributed by atoms with Crippen molar-refractivity contribution in [1.82, 2.24) is 0 Å². The van der Waals surface area contributed by atoms with Crippen LogP contribution in [0.5, 0.6) is 17.2 Å². The molecular formula is C69H87F3O15S2. The molecule has 9 rings (SSSR count). The first-order valence-electron chi connectivity index (χ1n) is 30.0. The largest absolute Gasteiger partial charge is 0.748 e. The number of hydrogen-bond donors (Lipinski definition) is 1. The fourth-order valence-corrected chi connectivity index (χ4v) is 11.8. The van der Waals surface area contributed by atoms with Crippen LogP contribution in [0.4, 0.5) is 13.2 Å². The first kappa shape index (κ1) is 73.0. The molecular weight excluding hydrogens is 1190 g/mol. The minimum absolute atomic E-state index is 0.144. The number of phenols is 1. The van der Waals surface area contributed by atoms with E-state index in [0.29, 0.717) is 24.3 Å². The molecule has 20 heteroatoms. The van der Waals surface area contributed by atoms with Crippen LogP contribution in [-0.4, -0.2) is 84.0 Å². The molecule has 1 aliphatic carbocycles. The summed E-state index contributed by atoms with van der Waals surface area (Å²) in [5.41, 5.74) is -0.671. The van der Waals surface area contributed by atoms with Crippen molar-refractivity contribution in [2.45, 2.75) is 199 Å². The fourth-order valence-electron chi connectivity index (χ4n) is 9.01. The number of phenolic OH excluding ortho intramolecular Hbond substituents is 1. The lowest BCUT2D eigenvalue weighted by Crippen LogP contribution is -2.42. The number of aryl methyl sites for hydroxylation is 1. The second-order valence-corrected chi connectivity index (χ2v) is 28.6. The number of hydrogen-bond acceptors (Lipinski definition) is 15. The number of halogens is 3. The number of esters is 5. The van der Waals surface area contributed by atoms with Gasteiger partial charge in [0, 0.05) is 6.42 Å². The van der Waals surface area contributed by atoms with E-state index < -0.39 is 67.7 Å². The van der Waals surface area contributed by atoms with Gasteiger partial charge >= 0.3 is 29.8 Å². The molecule has 1 N–H and O–H groups in total. The maximum Gasteiger partial charge on any atom is 0.316 e. The maximum absolute atomic E-state index is 13.2. The Morgan fingerprint density at radius 3 is 1.54 bits per heavy atom. The molecule has 4 aliphatic rings. The Morgan fingerprint density at radius 2 is 1.09 bits per heavy atom. The van der Waals surface area contributed by atoms with Crippen LogP contribution in [0.2, 0.25) is 0 Å². The van der Waals surface area contributed by atoms with E-state index in [1.54, 1.807) is 24.3 Å². The first-order valence-corrected chi connectivity index (χ1v) is 32.8. The summed E-state index contributed by atoms with van der Waals surface area (Å²) < 4.78 is 99.6. The lowest BCUT2D eigenvalue weighted by Gasteiger charge is -2.31. The molecule has 5 aromatic rings. The lowest BCUT2D eigenvalue weighted by atomic mass is 9.87. The van der Waals surface area contributed by atoms with E-state index in [1.165, 1.54) is 32.9 Å². The Bertz CT molecular complexity index is 3260. The highest BCUT2D eigenvalue weighted by Gasteiger charge is 2.65. The second-order valence-electron chi connectivity index (χ2n) is 25.2. The lowest BCUT2D eigenvalue weighted by molar-refractivity contribution is -0.170. The van der Waals surface area contributed by atoms with Crippen molar-refractivity contribution >= 4 is 50.9 Å². The molecule has 15 nitrogen and oxygen atoms in total. The predicted octanol–water partition coefficient (Wildman–Crippen LogP) is 14.4. The molecule has 3 heterocycles. The van der Waals surface area contributed by atoms with Gasteiger partial charge in [0.2, 0.25) is 0 Å². The van der Waals surface area contributed by atoms with E-state index >= 15 is 0 Å². The molecule has 2 bridgehead atoms. The van der Waals surface area contributed by atoms with E-state index in [0.717, 1.165) is 50.2 Å². The number of rotatable bonds is 18. The Morgan fingerprint density at radius 1 is 0.640 bits per heavy atom. The van der Waals surface area contributed by atoms with Crippen LogP contribution < -0.4 is 9.47 Å². The van der Waals surface area contributed by atoms with Crippen molar-refractivity contribution in [1.29, 1.82) is 0 Å². The van der Waals surface area contributed by atoms with Crippen molar-refractivity contribution in [3.63, 3.8) is 0 Å². The highest BCUT2D eigenvalue weighted by atomic mass is 32.2. The summed E-state index contributed by atoms with van der Waals surface area (Å²) >= 11 is 0. The summed E-state index contributed by atoms with van der Waals surface area (Å²) in [5.74, 6) is -5.23. The Hall–Kier alpha value is -6.74. The van der Waals surface area contributed by atoms with Gasteiger partial charge in [-0.05, 0) is 203 Å². The van der Waals surface area contributed by atoms with E-state index in [1.807, 2.05) is 114 Å². The standard InChI is InChI=1S/C24H25O2S.C16H21FO2.C13H18O5.C12H16O3.C4H8F2O3S/c1-4-24(2,3)23(25)26-19-15-17-22(18-16-19)27(20-11-7-5-8-12-20)21-13-9-6-10-14-21;1-5-15(2,3)14(18)19-16(4)9-8-11-10-12(17)6-7-13(11)16;1-4-13(2,3)12(15)18-9-7-5-6-8(16-7)10(9)17-11(6)14;1-4-12(2,3)11(14)15-10-7-5-9(13)6-8-10;1-2-4(5,6)3-10(7,8)9/h5-18H,4H2,1-3H3;6-7,10H,5,8-9H2,1-4H3;6-10H,4-5H2,1-3H3;5-8,13H,4H2,1-3H3;2-3H2,1H3,(H,7,8,9)/q+1;;;;/p-1. The molecule has 0 amide bonds. The molecule has 3 fully saturated rings. The fraction of sp³-hybridized carbons (Fsp3) is 0.493. The molecule has 486 valence electrons. The summed E-state index contributed by atoms with van der Waals surface area (Å²) in [6.07, 6.45) is 3.18. The van der Waals surface area contributed by atoms with E-state index in [9.17, 15) is 50.1 Å². The minimum Gasteiger partial charge on any atom is -0.748 e. The Kier molecular flexibility index (Phi) is 24.9. The van der Waals surface area contributed by atoms with Gasteiger partial charge in [-0.25, -0.2) is 21.6 Å². The number of ether oxygens (including phenoxy) is 6. The van der Waals surface area contributed by atoms with Crippen LogP contribution in [0.25, 0.3) is 0 Å². The summed E-state index contributed by atoms with van der Waals surface area (Å²) in [4.78, 5) is 63.5. The number of aromatic hydroxyl groups is 1. The van der Waals surface area contributed by atoms with Gasteiger partial charge in [0.05, 0.1) is 44.6 Å². The molecule has 3 saturated heterocycles. The third-order valence-electron chi connectivity index (χ3n) is 16.8. The number of fused-ring (bicyclic) bond motifs is 2. The van der Waals surface area contributed by atoms with Crippen molar-refractivity contribution < 1.29 is 83.6 Å². The number of benzene rings is 5. The van der Waals surface area contributed by atoms with Crippen LogP contribution in [-0.2, 0) is 76.0 Å². The molecule has 6 unspecified atom stereocenters. The van der Waals surface area contributed by atoms with Crippen LogP contribution in [0.15, 0.2) is 142 Å². The summed E-state index contributed by atoms with van der Waals surface area (Å²) in [5, 5.41) is 9.06. The molecule has 0 spiro atoms. The predicted molar refractivity (Wildman–Crippen MR) is 332 cm³/mol. The van der Waals surface area contributed by atoms with E-state index in [2.05, 4.69) is 60.7 Å².